The standard InChI is InChI=1S/C13H24N4O4S/c18-12(9-14-4-7-17-5-1-2-6-17)16-13(19)15-11-3-8-22(20,21)10-11/h11,14H,1-10H2,(H2,15,16,18,19)/t11-/m0/s1. The van der Waals surface area contributed by atoms with Gasteiger partial charge in [0.25, 0.3) is 0 Å². The van der Waals surface area contributed by atoms with Crippen LogP contribution in [0.1, 0.15) is 19.3 Å². The maximum absolute atomic E-state index is 11.6. The first-order valence-corrected chi connectivity index (χ1v) is 9.50. The smallest absolute Gasteiger partial charge is 0.321 e. The normalized spacial score (nSPS) is 24.3. The molecule has 2 aliphatic rings. The van der Waals surface area contributed by atoms with E-state index in [0.717, 1.165) is 19.6 Å². The summed E-state index contributed by atoms with van der Waals surface area (Å²) in [5, 5.41) is 7.71. The number of hydrogen-bond donors (Lipinski definition) is 3. The molecule has 0 spiro atoms. The van der Waals surface area contributed by atoms with Gasteiger partial charge in [-0.2, -0.15) is 0 Å². The average Bonchev–Trinajstić information content (AvgIpc) is 3.04. The lowest BCUT2D eigenvalue weighted by molar-refractivity contribution is -0.119. The summed E-state index contributed by atoms with van der Waals surface area (Å²) in [6.07, 6.45) is 2.87. The minimum atomic E-state index is -3.04. The van der Waals surface area contributed by atoms with Gasteiger partial charge >= 0.3 is 6.03 Å². The number of nitrogens with zero attached hydrogens (tertiary/aromatic N) is 1. The van der Waals surface area contributed by atoms with E-state index in [2.05, 4.69) is 20.9 Å². The van der Waals surface area contributed by atoms with Gasteiger partial charge in [0.15, 0.2) is 9.84 Å². The van der Waals surface area contributed by atoms with Crippen molar-refractivity contribution in [2.24, 2.45) is 0 Å². The van der Waals surface area contributed by atoms with Gasteiger partial charge in [-0.3, -0.25) is 10.1 Å². The van der Waals surface area contributed by atoms with Crippen LogP contribution in [-0.4, -0.2) is 75.5 Å². The zero-order chi connectivity index (χ0) is 16.0. The first-order chi connectivity index (χ1) is 10.4. The number of hydrogen-bond acceptors (Lipinski definition) is 6. The lowest BCUT2D eigenvalue weighted by atomic mass is 10.3. The van der Waals surface area contributed by atoms with E-state index in [1.807, 2.05) is 0 Å². The molecule has 0 bridgehead atoms. The molecule has 2 heterocycles. The Morgan fingerprint density at radius 1 is 1.18 bits per heavy atom. The quantitative estimate of drug-likeness (QED) is 0.521. The van der Waals surface area contributed by atoms with Gasteiger partial charge in [0.2, 0.25) is 5.91 Å². The highest BCUT2D eigenvalue weighted by molar-refractivity contribution is 7.91. The Bertz CT molecular complexity index is 502. The molecule has 2 fully saturated rings. The van der Waals surface area contributed by atoms with Crippen LogP contribution >= 0.6 is 0 Å². The molecule has 0 radical (unpaired) electrons. The molecule has 9 heteroatoms. The van der Waals surface area contributed by atoms with Crippen LogP contribution in [0, 0.1) is 0 Å². The van der Waals surface area contributed by atoms with E-state index in [-0.39, 0.29) is 18.1 Å². The molecular formula is C13H24N4O4S. The zero-order valence-electron chi connectivity index (χ0n) is 12.6. The van der Waals surface area contributed by atoms with Crippen LogP contribution in [0.3, 0.4) is 0 Å². The summed E-state index contributed by atoms with van der Waals surface area (Å²) in [7, 11) is -3.04. The van der Waals surface area contributed by atoms with Gasteiger partial charge in [0.1, 0.15) is 0 Å². The first kappa shape index (κ1) is 17.2. The predicted molar refractivity (Wildman–Crippen MR) is 82.3 cm³/mol. The highest BCUT2D eigenvalue weighted by atomic mass is 32.2. The van der Waals surface area contributed by atoms with Gasteiger partial charge in [-0.15, -0.1) is 0 Å². The average molecular weight is 332 g/mol. The Morgan fingerprint density at radius 2 is 1.91 bits per heavy atom. The molecule has 8 nitrogen and oxygen atoms in total. The highest BCUT2D eigenvalue weighted by Crippen LogP contribution is 2.10. The number of carbonyl (C=O) groups is 2. The number of sulfone groups is 1. The highest BCUT2D eigenvalue weighted by Gasteiger charge is 2.29. The van der Waals surface area contributed by atoms with Crippen LogP contribution in [0.25, 0.3) is 0 Å². The molecule has 0 aromatic heterocycles. The second kappa shape index (κ2) is 7.89. The molecular weight excluding hydrogens is 308 g/mol. The summed E-state index contributed by atoms with van der Waals surface area (Å²) in [6.45, 7) is 3.90. The molecule has 1 atom stereocenters. The number of urea groups is 1. The minimum Gasteiger partial charge on any atom is -0.334 e. The van der Waals surface area contributed by atoms with Crippen LogP contribution in [0.15, 0.2) is 0 Å². The van der Waals surface area contributed by atoms with E-state index in [4.69, 9.17) is 0 Å². The maximum atomic E-state index is 11.6. The summed E-state index contributed by atoms with van der Waals surface area (Å²) in [6, 6.07) is -1.03. The molecule has 2 saturated heterocycles. The van der Waals surface area contributed by atoms with Crippen molar-refractivity contribution in [1.82, 2.24) is 20.9 Å². The third kappa shape index (κ3) is 5.90. The zero-order valence-corrected chi connectivity index (χ0v) is 13.5. The maximum Gasteiger partial charge on any atom is 0.321 e. The number of amides is 3. The van der Waals surface area contributed by atoms with Gasteiger partial charge < -0.3 is 15.5 Å². The second-order valence-corrected chi connectivity index (χ2v) is 8.08. The van der Waals surface area contributed by atoms with Crippen molar-refractivity contribution >= 4 is 21.8 Å². The number of imide groups is 1. The fraction of sp³-hybridized carbons (Fsp3) is 0.846. The van der Waals surface area contributed by atoms with E-state index >= 15 is 0 Å². The molecule has 3 N–H and O–H groups in total. The van der Waals surface area contributed by atoms with Crippen molar-refractivity contribution in [2.45, 2.75) is 25.3 Å². The minimum absolute atomic E-state index is 0.0529. The van der Waals surface area contributed by atoms with Gasteiger partial charge in [-0.25, -0.2) is 13.2 Å². The Hall–Kier alpha value is -1.19. The number of carbonyl (C=O) groups excluding carboxylic acids is 2. The third-order valence-corrected chi connectivity index (χ3v) is 5.68. The molecule has 0 aliphatic carbocycles. The summed E-state index contributed by atoms with van der Waals surface area (Å²) >= 11 is 0. The van der Waals surface area contributed by atoms with Gasteiger partial charge in [-0.1, -0.05) is 0 Å². The number of rotatable bonds is 6. The largest absolute Gasteiger partial charge is 0.334 e. The molecule has 0 aromatic carbocycles. The Kier molecular flexibility index (Phi) is 6.16. The summed E-state index contributed by atoms with van der Waals surface area (Å²) < 4.78 is 22.6. The van der Waals surface area contributed by atoms with Gasteiger partial charge in [0.05, 0.1) is 18.1 Å². The topological polar surface area (TPSA) is 108 Å². The van der Waals surface area contributed by atoms with E-state index in [1.165, 1.54) is 12.8 Å². The van der Waals surface area contributed by atoms with Crippen LogP contribution < -0.4 is 16.0 Å². The first-order valence-electron chi connectivity index (χ1n) is 7.68. The molecule has 0 unspecified atom stereocenters. The Balaban J connectivity index is 1.55. The monoisotopic (exact) mass is 332 g/mol. The fourth-order valence-corrected chi connectivity index (χ4v) is 4.42. The predicted octanol–water partition coefficient (Wildman–Crippen LogP) is -1.32. The molecule has 2 rings (SSSR count). The van der Waals surface area contributed by atoms with E-state index in [9.17, 15) is 18.0 Å². The van der Waals surface area contributed by atoms with Crippen LogP contribution in [0.5, 0.6) is 0 Å². The van der Waals surface area contributed by atoms with Crippen LogP contribution in [-0.2, 0) is 14.6 Å². The number of nitrogens with one attached hydrogen (secondary N) is 3. The lowest BCUT2D eigenvalue weighted by Crippen LogP contribution is -2.47. The second-order valence-electron chi connectivity index (χ2n) is 5.85. The lowest BCUT2D eigenvalue weighted by Gasteiger charge is -2.15. The van der Waals surface area contributed by atoms with E-state index < -0.39 is 27.8 Å². The SMILES string of the molecule is O=C(CNCCN1CCCC1)NC(=O)N[C@H]1CCS(=O)(=O)C1. The van der Waals surface area contributed by atoms with Crippen molar-refractivity contribution in [2.75, 3.05) is 44.2 Å². The summed E-state index contributed by atoms with van der Waals surface area (Å²) in [4.78, 5) is 25.5. The van der Waals surface area contributed by atoms with Crippen molar-refractivity contribution in [3.8, 4) is 0 Å². The Morgan fingerprint density at radius 3 is 2.55 bits per heavy atom. The molecule has 22 heavy (non-hydrogen) atoms. The van der Waals surface area contributed by atoms with Crippen LogP contribution in [0.4, 0.5) is 4.79 Å². The Labute approximate surface area is 130 Å². The van der Waals surface area contributed by atoms with E-state index in [0.29, 0.717) is 13.0 Å². The molecule has 3 amide bonds. The van der Waals surface area contributed by atoms with Crippen molar-refractivity contribution in [3.05, 3.63) is 0 Å². The van der Waals surface area contributed by atoms with Crippen molar-refractivity contribution in [1.29, 1.82) is 0 Å². The van der Waals surface area contributed by atoms with Crippen molar-refractivity contribution in [3.63, 3.8) is 0 Å². The fourth-order valence-electron chi connectivity index (χ4n) is 2.75. The molecule has 0 saturated carbocycles. The van der Waals surface area contributed by atoms with Crippen LogP contribution in [0.2, 0.25) is 0 Å². The van der Waals surface area contributed by atoms with Gasteiger partial charge in [0, 0.05) is 19.1 Å². The third-order valence-electron chi connectivity index (χ3n) is 3.91. The summed E-state index contributed by atoms with van der Waals surface area (Å²) in [5.74, 6) is -0.383. The molecule has 126 valence electrons. The number of likely N-dealkylation sites (tertiary alicyclic amines) is 1. The van der Waals surface area contributed by atoms with Gasteiger partial charge in [-0.05, 0) is 32.4 Å². The molecule has 2 aliphatic heterocycles. The summed E-state index contributed by atoms with van der Waals surface area (Å²) in [5.41, 5.74) is 0. The molecule has 0 aromatic rings. The van der Waals surface area contributed by atoms with E-state index in [1.54, 1.807) is 0 Å². The van der Waals surface area contributed by atoms with Crippen molar-refractivity contribution < 1.29 is 18.0 Å².